The summed E-state index contributed by atoms with van der Waals surface area (Å²) in [6.45, 7) is 4.49. The molecule has 0 aliphatic heterocycles. The molecule has 0 fully saturated rings. The number of hydrogen-bond acceptors (Lipinski definition) is 4. The van der Waals surface area contributed by atoms with Crippen molar-refractivity contribution in [2.45, 2.75) is 32.9 Å². The van der Waals surface area contributed by atoms with E-state index in [0.717, 1.165) is 34.0 Å². The van der Waals surface area contributed by atoms with Crippen LogP contribution in [0.15, 0.2) is 72.9 Å². The fraction of sp³-hybridized carbons (Fsp3) is 0.192. The zero-order valence-corrected chi connectivity index (χ0v) is 18.2. The molecule has 0 unspecified atom stereocenters. The van der Waals surface area contributed by atoms with Crippen LogP contribution in [-0.2, 0) is 13.0 Å². The van der Waals surface area contributed by atoms with E-state index in [2.05, 4.69) is 64.8 Å². The van der Waals surface area contributed by atoms with E-state index in [0.29, 0.717) is 12.5 Å². The summed E-state index contributed by atoms with van der Waals surface area (Å²) >= 11 is 0. The topological polar surface area (TPSA) is 87.1 Å². The molecule has 0 radical (unpaired) electrons. The van der Waals surface area contributed by atoms with Crippen LogP contribution in [0.2, 0.25) is 0 Å². The minimum atomic E-state index is -1.02. The van der Waals surface area contributed by atoms with Crippen molar-refractivity contribution in [2.75, 3.05) is 5.32 Å². The zero-order chi connectivity index (χ0) is 22.5. The van der Waals surface area contributed by atoms with E-state index in [1.165, 1.54) is 11.1 Å². The first-order valence-electron chi connectivity index (χ1n) is 10.6. The van der Waals surface area contributed by atoms with Gasteiger partial charge in [0.2, 0.25) is 5.95 Å². The van der Waals surface area contributed by atoms with Gasteiger partial charge in [0.15, 0.2) is 0 Å². The van der Waals surface area contributed by atoms with Gasteiger partial charge < -0.3 is 15.7 Å². The van der Waals surface area contributed by atoms with Crippen LogP contribution in [-0.4, -0.2) is 27.2 Å². The summed E-state index contributed by atoms with van der Waals surface area (Å²) in [6.07, 6.45) is 1.61. The summed E-state index contributed by atoms with van der Waals surface area (Å²) in [5, 5.41) is 15.6. The second-order valence-corrected chi connectivity index (χ2v) is 8.01. The van der Waals surface area contributed by atoms with Crippen LogP contribution >= 0.6 is 0 Å². The predicted molar refractivity (Wildman–Crippen MR) is 128 cm³/mol. The van der Waals surface area contributed by atoms with E-state index in [4.69, 9.17) is 5.11 Å². The number of amides is 1. The van der Waals surface area contributed by atoms with E-state index in [1.807, 2.05) is 42.6 Å². The molecule has 6 heteroatoms. The molecule has 0 saturated carbocycles. The second-order valence-electron chi connectivity index (χ2n) is 8.01. The van der Waals surface area contributed by atoms with Crippen LogP contribution in [0.3, 0.4) is 0 Å². The summed E-state index contributed by atoms with van der Waals surface area (Å²) < 4.78 is 0. The number of fused-ring (bicyclic) bond motifs is 1. The number of aryl methyl sites for hydroxylation is 1. The molecule has 0 bridgehead atoms. The Labute approximate surface area is 187 Å². The van der Waals surface area contributed by atoms with Crippen molar-refractivity contribution in [1.29, 1.82) is 0 Å². The molecule has 0 aliphatic rings. The number of anilines is 1. The SMILES string of the molecule is Cc1ccccc1-c1ccc2nc(N[C@@H](C)Cc3cccc(CNC(=O)O)c3)ncc2c1. The van der Waals surface area contributed by atoms with Crippen LogP contribution < -0.4 is 10.6 Å². The molecule has 1 aromatic heterocycles. The monoisotopic (exact) mass is 426 g/mol. The molecule has 1 amide bonds. The molecule has 6 nitrogen and oxygen atoms in total. The highest BCUT2D eigenvalue weighted by Gasteiger charge is 2.09. The Morgan fingerprint density at radius 1 is 1.03 bits per heavy atom. The minimum absolute atomic E-state index is 0.112. The summed E-state index contributed by atoms with van der Waals surface area (Å²) in [5.74, 6) is 0.595. The smallest absolute Gasteiger partial charge is 0.404 e. The number of nitrogens with one attached hydrogen (secondary N) is 2. The quantitative estimate of drug-likeness (QED) is 0.367. The van der Waals surface area contributed by atoms with Gasteiger partial charge in [0.05, 0.1) is 5.52 Å². The Morgan fingerprint density at radius 2 is 1.84 bits per heavy atom. The maximum Gasteiger partial charge on any atom is 0.404 e. The number of carboxylic acid groups (broad SMARTS) is 1. The number of benzene rings is 3. The van der Waals surface area contributed by atoms with E-state index in [1.54, 1.807) is 0 Å². The number of aromatic nitrogens is 2. The molecular weight excluding hydrogens is 400 g/mol. The average Bonchev–Trinajstić information content (AvgIpc) is 2.78. The van der Waals surface area contributed by atoms with Gasteiger partial charge in [0.1, 0.15) is 0 Å². The maximum atomic E-state index is 10.7. The van der Waals surface area contributed by atoms with Crippen molar-refractivity contribution in [2.24, 2.45) is 0 Å². The molecule has 32 heavy (non-hydrogen) atoms. The lowest BCUT2D eigenvalue weighted by Gasteiger charge is -2.15. The van der Waals surface area contributed by atoms with Gasteiger partial charge in [-0.3, -0.25) is 0 Å². The minimum Gasteiger partial charge on any atom is -0.465 e. The van der Waals surface area contributed by atoms with Gasteiger partial charge in [0.25, 0.3) is 0 Å². The van der Waals surface area contributed by atoms with Gasteiger partial charge in [-0.1, -0.05) is 54.6 Å². The fourth-order valence-electron chi connectivity index (χ4n) is 3.84. The van der Waals surface area contributed by atoms with Gasteiger partial charge in [-0.25, -0.2) is 14.8 Å². The Kier molecular flexibility index (Phi) is 6.31. The average molecular weight is 427 g/mol. The molecular formula is C26H26N4O2. The van der Waals surface area contributed by atoms with Crippen LogP contribution in [0.5, 0.6) is 0 Å². The molecule has 0 saturated heterocycles. The van der Waals surface area contributed by atoms with E-state index in [-0.39, 0.29) is 6.04 Å². The highest BCUT2D eigenvalue weighted by atomic mass is 16.4. The third-order valence-corrected chi connectivity index (χ3v) is 5.39. The highest BCUT2D eigenvalue weighted by molar-refractivity contribution is 5.85. The standard InChI is InChI=1S/C26H26N4O2/c1-17-6-3-4-9-23(17)21-10-11-24-22(14-21)16-27-25(30-24)29-18(2)12-19-7-5-8-20(13-19)15-28-26(31)32/h3-11,13-14,16,18,28H,12,15H2,1-2H3,(H,31,32)(H,27,29,30)/t18-/m0/s1. The van der Waals surface area contributed by atoms with Crippen LogP contribution in [0.1, 0.15) is 23.6 Å². The Balaban J connectivity index is 1.45. The van der Waals surface area contributed by atoms with Gasteiger partial charge in [-0.15, -0.1) is 0 Å². The van der Waals surface area contributed by atoms with Crippen LogP contribution in [0, 0.1) is 6.92 Å². The van der Waals surface area contributed by atoms with Crippen molar-refractivity contribution >= 4 is 22.9 Å². The van der Waals surface area contributed by atoms with Crippen LogP contribution in [0.4, 0.5) is 10.7 Å². The molecule has 0 spiro atoms. The first-order valence-corrected chi connectivity index (χ1v) is 10.6. The molecule has 3 aromatic carbocycles. The van der Waals surface area contributed by atoms with Crippen molar-refractivity contribution in [3.63, 3.8) is 0 Å². The van der Waals surface area contributed by atoms with Gasteiger partial charge in [-0.05, 0) is 60.2 Å². The molecule has 4 rings (SSSR count). The number of hydrogen-bond donors (Lipinski definition) is 3. The maximum absolute atomic E-state index is 10.7. The van der Waals surface area contributed by atoms with Crippen molar-refractivity contribution in [3.05, 3.63) is 89.6 Å². The third-order valence-electron chi connectivity index (χ3n) is 5.39. The summed E-state index contributed by atoms with van der Waals surface area (Å²) in [4.78, 5) is 19.9. The Hall–Kier alpha value is -3.93. The lowest BCUT2D eigenvalue weighted by atomic mass is 9.99. The molecule has 0 aliphatic carbocycles. The summed E-state index contributed by atoms with van der Waals surface area (Å²) in [5.41, 5.74) is 6.56. The zero-order valence-electron chi connectivity index (χ0n) is 18.2. The number of rotatable bonds is 7. The third kappa shape index (κ3) is 5.21. The Bertz CT molecular complexity index is 1260. The van der Waals surface area contributed by atoms with Crippen molar-refractivity contribution in [1.82, 2.24) is 15.3 Å². The molecule has 1 atom stereocenters. The number of nitrogens with zero attached hydrogens (tertiary/aromatic N) is 2. The molecule has 1 heterocycles. The van der Waals surface area contributed by atoms with Gasteiger partial charge in [0, 0.05) is 24.2 Å². The lowest BCUT2D eigenvalue weighted by molar-refractivity contribution is 0.194. The van der Waals surface area contributed by atoms with Crippen molar-refractivity contribution < 1.29 is 9.90 Å². The first-order chi connectivity index (χ1) is 15.5. The van der Waals surface area contributed by atoms with Gasteiger partial charge >= 0.3 is 6.09 Å². The predicted octanol–water partition coefficient (Wildman–Crippen LogP) is 5.42. The summed E-state index contributed by atoms with van der Waals surface area (Å²) in [6, 6.07) is 22.6. The second kappa shape index (κ2) is 9.47. The lowest BCUT2D eigenvalue weighted by Crippen LogP contribution is -2.21. The largest absolute Gasteiger partial charge is 0.465 e. The molecule has 3 N–H and O–H groups in total. The van der Waals surface area contributed by atoms with E-state index in [9.17, 15) is 4.79 Å². The van der Waals surface area contributed by atoms with Crippen molar-refractivity contribution in [3.8, 4) is 11.1 Å². The number of carbonyl (C=O) groups is 1. The van der Waals surface area contributed by atoms with E-state index < -0.39 is 6.09 Å². The fourth-order valence-corrected chi connectivity index (χ4v) is 3.84. The molecule has 162 valence electrons. The first kappa shape index (κ1) is 21.3. The highest BCUT2D eigenvalue weighted by Crippen LogP contribution is 2.26. The van der Waals surface area contributed by atoms with E-state index >= 15 is 0 Å². The summed E-state index contributed by atoms with van der Waals surface area (Å²) in [7, 11) is 0. The Morgan fingerprint density at radius 3 is 2.66 bits per heavy atom. The van der Waals surface area contributed by atoms with Gasteiger partial charge in [-0.2, -0.15) is 0 Å². The normalized spacial score (nSPS) is 11.8. The van der Waals surface area contributed by atoms with Crippen LogP contribution in [0.25, 0.3) is 22.0 Å². The molecule has 4 aromatic rings.